The normalized spacial score (nSPS) is 15.2. The van der Waals surface area contributed by atoms with Crippen LogP contribution in [0.5, 0.6) is 5.75 Å². The van der Waals surface area contributed by atoms with Gasteiger partial charge in [-0.15, -0.1) is 0 Å². The zero-order valence-electron chi connectivity index (χ0n) is 14.1. The fraction of sp³-hybridized carbons (Fsp3) is 0.438. The highest BCUT2D eigenvalue weighted by Crippen LogP contribution is 2.55. The number of hydrogen-bond acceptors (Lipinski definition) is 2. The molecular weight excluding hydrogens is 450 g/mol. The van der Waals surface area contributed by atoms with Crippen molar-refractivity contribution < 1.29 is 57.4 Å². The fourth-order valence-electron chi connectivity index (χ4n) is 1.91. The Hall–Kier alpha value is -2.59. The van der Waals surface area contributed by atoms with E-state index in [9.17, 15) is 52.7 Å². The Morgan fingerprint density at radius 2 is 1.37 bits per heavy atom. The summed E-state index contributed by atoms with van der Waals surface area (Å²) in [5.74, 6) is -22.5. The number of rotatable bonds is 8. The van der Waals surface area contributed by atoms with E-state index in [4.69, 9.17) is 5.26 Å². The van der Waals surface area contributed by atoms with Crippen molar-refractivity contribution in [1.82, 2.24) is 0 Å². The minimum absolute atomic E-state index is 0.142. The number of ether oxygens (including phenoxy) is 1. The first-order valence-electron chi connectivity index (χ1n) is 7.46. The monoisotopic (exact) mass is 459 g/mol. The predicted octanol–water partition coefficient (Wildman–Crippen LogP) is 6.39. The molecule has 0 saturated heterocycles. The highest BCUT2D eigenvalue weighted by molar-refractivity contribution is 5.52. The van der Waals surface area contributed by atoms with Gasteiger partial charge in [0.2, 0.25) is 0 Å². The number of hydrogen-bond donors (Lipinski definition) is 0. The molecule has 1 aromatic rings. The Morgan fingerprint density at radius 1 is 0.867 bits per heavy atom. The zero-order valence-corrected chi connectivity index (χ0v) is 14.1. The van der Waals surface area contributed by atoms with E-state index in [1.54, 1.807) is 6.07 Å². The van der Waals surface area contributed by atoms with E-state index in [2.05, 4.69) is 4.74 Å². The number of nitriles is 1. The molecule has 1 atom stereocenters. The highest BCUT2D eigenvalue weighted by atomic mass is 19.4. The number of nitrogens with zero attached hydrogens (tertiary/aromatic N) is 1. The molecule has 0 fully saturated rings. The average Bonchev–Trinajstić information content (AvgIpc) is 2.58. The van der Waals surface area contributed by atoms with Crippen LogP contribution in [0.2, 0.25) is 0 Å². The molecule has 0 spiro atoms. The molecule has 14 heteroatoms. The van der Waals surface area contributed by atoms with Crippen LogP contribution in [0, 0.1) is 11.3 Å². The summed E-state index contributed by atoms with van der Waals surface area (Å²) in [4.78, 5) is 0. The third-order valence-electron chi connectivity index (χ3n) is 3.46. The van der Waals surface area contributed by atoms with E-state index in [0.717, 1.165) is 24.3 Å². The fourth-order valence-corrected chi connectivity index (χ4v) is 1.91. The molecule has 30 heavy (non-hydrogen) atoms. The number of halogens is 12. The minimum atomic E-state index is -7.27. The largest absolute Gasteiger partial charge is 0.471 e. The Labute approximate surface area is 160 Å². The molecule has 0 amide bonds. The van der Waals surface area contributed by atoms with Crippen LogP contribution in [0.15, 0.2) is 30.3 Å². The van der Waals surface area contributed by atoms with Gasteiger partial charge < -0.3 is 4.74 Å². The first kappa shape index (κ1) is 25.4. The molecule has 0 aliphatic carbocycles. The van der Waals surface area contributed by atoms with Crippen molar-refractivity contribution in [3.8, 4) is 11.8 Å². The second-order valence-corrected chi connectivity index (χ2v) is 5.71. The molecule has 0 heterocycles. The lowest BCUT2D eigenvalue weighted by molar-refractivity contribution is -0.415. The van der Waals surface area contributed by atoms with E-state index in [1.807, 2.05) is 0 Å². The maximum absolute atomic E-state index is 13.6. The molecule has 0 aliphatic heterocycles. The van der Waals surface area contributed by atoms with Gasteiger partial charge in [0.1, 0.15) is 5.75 Å². The van der Waals surface area contributed by atoms with Crippen molar-refractivity contribution in [2.24, 2.45) is 0 Å². The second kappa shape index (κ2) is 8.27. The quantitative estimate of drug-likeness (QED) is 0.334. The van der Waals surface area contributed by atoms with Gasteiger partial charge in [0.25, 0.3) is 0 Å². The van der Waals surface area contributed by atoms with Gasteiger partial charge in [0, 0.05) is 6.08 Å². The molecule has 0 saturated carbocycles. The molecule has 1 unspecified atom stereocenters. The van der Waals surface area contributed by atoms with Crippen LogP contribution in [0.3, 0.4) is 0 Å². The lowest BCUT2D eigenvalue weighted by Crippen LogP contribution is -2.66. The highest BCUT2D eigenvalue weighted by Gasteiger charge is 2.84. The van der Waals surface area contributed by atoms with Crippen LogP contribution in [0.4, 0.5) is 52.7 Å². The first-order chi connectivity index (χ1) is 13.4. The Bertz CT molecular complexity index is 792. The van der Waals surface area contributed by atoms with Crippen LogP contribution < -0.4 is 4.74 Å². The summed E-state index contributed by atoms with van der Waals surface area (Å²) in [7, 11) is 0. The van der Waals surface area contributed by atoms with Crippen LogP contribution in [-0.4, -0.2) is 36.2 Å². The maximum Gasteiger partial charge on any atom is 0.471 e. The maximum atomic E-state index is 13.6. The van der Waals surface area contributed by atoms with E-state index in [-0.39, 0.29) is 5.56 Å². The van der Waals surface area contributed by atoms with Gasteiger partial charge in [-0.1, -0.05) is 12.1 Å². The zero-order chi connectivity index (χ0) is 23.6. The van der Waals surface area contributed by atoms with E-state index >= 15 is 0 Å². The molecule has 0 radical (unpaired) electrons. The molecule has 2 nitrogen and oxygen atoms in total. The van der Waals surface area contributed by atoms with Gasteiger partial charge in [0.15, 0.2) is 6.17 Å². The Balaban J connectivity index is 3.18. The number of allylic oxidation sites excluding steroid dienone is 1. The van der Waals surface area contributed by atoms with Crippen LogP contribution in [-0.2, 0) is 0 Å². The summed E-state index contributed by atoms with van der Waals surface area (Å²) in [6.07, 6.45) is -18.4. The third kappa shape index (κ3) is 5.11. The summed E-state index contributed by atoms with van der Waals surface area (Å²) in [5, 5.41) is 8.30. The molecule has 1 aromatic carbocycles. The summed E-state index contributed by atoms with van der Waals surface area (Å²) in [5.41, 5.74) is 0.142. The third-order valence-corrected chi connectivity index (χ3v) is 3.46. The Morgan fingerprint density at radius 3 is 1.80 bits per heavy atom. The van der Waals surface area contributed by atoms with E-state index in [1.165, 1.54) is 0 Å². The minimum Gasteiger partial charge on any atom is -0.428 e. The van der Waals surface area contributed by atoms with Gasteiger partial charge in [-0.25, -0.2) is 4.39 Å². The summed E-state index contributed by atoms with van der Waals surface area (Å²) >= 11 is 0. The summed E-state index contributed by atoms with van der Waals surface area (Å²) in [6, 6.07) is 4.40. The van der Waals surface area contributed by atoms with Gasteiger partial charge >= 0.3 is 30.1 Å². The summed E-state index contributed by atoms with van der Waals surface area (Å²) < 4.78 is 160. The predicted molar refractivity (Wildman–Crippen MR) is 77.1 cm³/mol. The topological polar surface area (TPSA) is 33.0 Å². The smallest absolute Gasteiger partial charge is 0.428 e. The lowest BCUT2D eigenvalue weighted by Gasteiger charge is -2.37. The molecular formula is C16H9F12NO. The average molecular weight is 459 g/mol. The van der Waals surface area contributed by atoms with Gasteiger partial charge in [-0.05, 0) is 23.8 Å². The molecule has 0 aromatic heterocycles. The van der Waals surface area contributed by atoms with Crippen LogP contribution in [0.25, 0.3) is 6.08 Å². The van der Waals surface area contributed by atoms with Gasteiger partial charge in [0.05, 0.1) is 12.5 Å². The molecule has 0 N–H and O–H groups in total. The lowest BCUT2D eigenvalue weighted by atomic mass is 9.97. The van der Waals surface area contributed by atoms with Crippen molar-refractivity contribution in [3.05, 3.63) is 35.9 Å². The van der Waals surface area contributed by atoms with Crippen LogP contribution in [0.1, 0.15) is 12.0 Å². The van der Waals surface area contributed by atoms with E-state index in [0.29, 0.717) is 12.1 Å². The van der Waals surface area contributed by atoms with Gasteiger partial charge in [-0.2, -0.15) is 53.6 Å². The summed E-state index contributed by atoms with van der Waals surface area (Å²) in [6.45, 7) is 0. The number of alkyl halides is 12. The van der Waals surface area contributed by atoms with Crippen molar-refractivity contribution in [2.75, 3.05) is 0 Å². The Kier molecular flexibility index (Phi) is 7.01. The van der Waals surface area contributed by atoms with Crippen LogP contribution >= 0.6 is 0 Å². The SMILES string of the molecule is N#CC=Cc1ccc(OC(F)(F)C(F)(F)C(F)(F)C(F)(F)C(F)CC(F)(F)F)cc1. The van der Waals surface area contributed by atoms with Crippen molar-refractivity contribution in [3.63, 3.8) is 0 Å². The van der Waals surface area contributed by atoms with Crippen molar-refractivity contribution in [1.29, 1.82) is 5.26 Å². The molecule has 1 rings (SSSR count). The van der Waals surface area contributed by atoms with Crippen molar-refractivity contribution in [2.45, 2.75) is 42.6 Å². The number of benzene rings is 1. The molecule has 168 valence electrons. The standard InChI is InChI=1S/C16H9F12NO/c17-11(8-12(18,19)20)13(21,22)14(23,24)15(25,26)16(27,28)30-10-5-3-9(4-6-10)2-1-7-29/h1-6,11H,8H2. The molecule has 0 bridgehead atoms. The van der Waals surface area contributed by atoms with Gasteiger partial charge in [-0.3, -0.25) is 0 Å². The second-order valence-electron chi connectivity index (χ2n) is 5.71. The van der Waals surface area contributed by atoms with E-state index < -0.39 is 48.4 Å². The molecule has 0 aliphatic rings. The van der Waals surface area contributed by atoms with Crippen molar-refractivity contribution >= 4 is 6.08 Å². The first-order valence-corrected chi connectivity index (χ1v) is 7.46.